The minimum absolute atomic E-state index is 0.842. The lowest BCUT2D eigenvalue weighted by Crippen LogP contribution is -2.03. The molecule has 0 atom stereocenters. The van der Waals surface area contributed by atoms with Gasteiger partial charge in [-0.3, -0.25) is 4.98 Å². The number of pyridine rings is 1. The van der Waals surface area contributed by atoms with Gasteiger partial charge in [-0.1, -0.05) is 58.0 Å². The van der Waals surface area contributed by atoms with Gasteiger partial charge in [0.25, 0.3) is 0 Å². The van der Waals surface area contributed by atoms with Crippen LogP contribution >= 0.6 is 27.7 Å². The lowest BCUT2D eigenvalue weighted by molar-refractivity contribution is 0.687. The third kappa shape index (κ3) is 3.49. The highest BCUT2D eigenvalue weighted by Crippen LogP contribution is 2.37. The highest BCUT2D eigenvalue weighted by Gasteiger charge is 2.24. The van der Waals surface area contributed by atoms with Crippen LogP contribution in [0.5, 0.6) is 0 Å². The van der Waals surface area contributed by atoms with E-state index in [9.17, 15) is 0 Å². The Bertz CT molecular complexity index is 1200. The molecule has 4 nitrogen and oxygen atoms in total. The van der Waals surface area contributed by atoms with Crippen LogP contribution < -0.4 is 0 Å². The molecule has 146 valence electrons. The number of aromatic nitrogens is 4. The first kappa shape index (κ1) is 18.8. The fraction of sp³-hybridized carbons (Fsp3) is 0.261. The quantitative estimate of drug-likeness (QED) is 0.336. The third-order valence-electron chi connectivity index (χ3n) is 5.43. The van der Waals surface area contributed by atoms with Crippen molar-refractivity contribution in [3.05, 3.63) is 69.8 Å². The SMILES string of the molecule is CCn1c(SCc2cccc(Br)c2)nnc1-c1c2c(nc3ccccc13)CCC2. The summed E-state index contributed by atoms with van der Waals surface area (Å²) >= 11 is 5.29. The van der Waals surface area contributed by atoms with Gasteiger partial charge < -0.3 is 4.57 Å². The highest BCUT2D eigenvalue weighted by molar-refractivity contribution is 9.10. The first-order chi connectivity index (χ1) is 14.2. The van der Waals surface area contributed by atoms with Crippen LogP contribution in [0.2, 0.25) is 0 Å². The Balaban J connectivity index is 1.58. The monoisotopic (exact) mass is 464 g/mol. The highest BCUT2D eigenvalue weighted by atomic mass is 79.9. The summed E-state index contributed by atoms with van der Waals surface area (Å²) in [5.74, 6) is 1.84. The van der Waals surface area contributed by atoms with Gasteiger partial charge in [0.05, 0.1) is 5.52 Å². The molecule has 4 aromatic rings. The van der Waals surface area contributed by atoms with Gasteiger partial charge in [-0.05, 0) is 55.5 Å². The van der Waals surface area contributed by atoms with Crippen molar-refractivity contribution >= 4 is 38.6 Å². The molecular weight excluding hydrogens is 444 g/mol. The molecule has 29 heavy (non-hydrogen) atoms. The number of halogens is 1. The number of para-hydroxylation sites is 1. The van der Waals surface area contributed by atoms with Crippen molar-refractivity contribution in [1.29, 1.82) is 0 Å². The van der Waals surface area contributed by atoms with Crippen molar-refractivity contribution in [3.63, 3.8) is 0 Å². The fourth-order valence-corrected chi connectivity index (χ4v) is 5.50. The largest absolute Gasteiger partial charge is 0.302 e. The molecule has 0 N–H and O–H groups in total. The van der Waals surface area contributed by atoms with Crippen molar-refractivity contribution in [3.8, 4) is 11.4 Å². The van der Waals surface area contributed by atoms with Gasteiger partial charge in [0.1, 0.15) is 0 Å². The second kappa shape index (κ2) is 7.92. The molecule has 2 aromatic carbocycles. The van der Waals surface area contributed by atoms with Crippen LogP contribution in [0, 0.1) is 0 Å². The van der Waals surface area contributed by atoms with Crippen LogP contribution in [0.15, 0.2) is 58.2 Å². The van der Waals surface area contributed by atoms with Crippen LogP contribution in [-0.4, -0.2) is 19.7 Å². The van der Waals surface area contributed by atoms with Gasteiger partial charge in [0, 0.05) is 33.4 Å². The molecule has 0 amide bonds. The molecule has 5 rings (SSSR count). The first-order valence-electron chi connectivity index (χ1n) is 9.96. The molecule has 0 bridgehead atoms. The Morgan fingerprint density at radius 2 is 1.97 bits per heavy atom. The molecule has 1 aliphatic rings. The molecule has 0 unspecified atom stereocenters. The number of aryl methyl sites for hydroxylation is 1. The summed E-state index contributed by atoms with van der Waals surface area (Å²) in [7, 11) is 0. The van der Waals surface area contributed by atoms with E-state index in [1.54, 1.807) is 11.8 Å². The predicted octanol–water partition coefficient (Wildman–Crippen LogP) is 6.06. The van der Waals surface area contributed by atoms with Crippen molar-refractivity contribution in [2.75, 3.05) is 0 Å². The summed E-state index contributed by atoms with van der Waals surface area (Å²) in [6, 6.07) is 16.8. The van der Waals surface area contributed by atoms with Crippen molar-refractivity contribution in [2.24, 2.45) is 0 Å². The zero-order valence-electron chi connectivity index (χ0n) is 16.2. The summed E-state index contributed by atoms with van der Waals surface area (Å²) in [5.41, 5.74) is 6.14. The van der Waals surface area contributed by atoms with E-state index in [0.29, 0.717) is 0 Å². The average Bonchev–Trinajstić information content (AvgIpc) is 3.36. The van der Waals surface area contributed by atoms with Gasteiger partial charge in [-0.2, -0.15) is 0 Å². The number of hydrogen-bond acceptors (Lipinski definition) is 4. The molecule has 0 saturated heterocycles. The van der Waals surface area contributed by atoms with Crippen LogP contribution in [0.3, 0.4) is 0 Å². The summed E-state index contributed by atoms with van der Waals surface area (Å²) < 4.78 is 3.36. The molecule has 0 aliphatic heterocycles. The third-order valence-corrected chi connectivity index (χ3v) is 6.96. The summed E-state index contributed by atoms with van der Waals surface area (Å²) in [4.78, 5) is 4.92. The van der Waals surface area contributed by atoms with Crippen LogP contribution in [0.1, 0.15) is 30.2 Å². The minimum atomic E-state index is 0.842. The van der Waals surface area contributed by atoms with E-state index >= 15 is 0 Å². The normalized spacial score (nSPS) is 13.2. The molecule has 1 aliphatic carbocycles. The number of thioether (sulfide) groups is 1. The van der Waals surface area contributed by atoms with E-state index < -0.39 is 0 Å². The van der Waals surface area contributed by atoms with Crippen LogP contribution in [-0.2, 0) is 25.1 Å². The Hall–Kier alpha value is -2.18. The second-order valence-electron chi connectivity index (χ2n) is 7.25. The predicted molar refractivity (Wildman–Crippen MR) is 122 cm³/mol. The average molecular weight is 465 g/mol. The molecule has 2 aromatic heterocycles. The molecule has 2 heterocycles. The van der Waals surface area contributed by atoms with E-state index in [4.69, 9.17) is 4.98 Å². The summed E-state index contributed by atoms with van der Waals surface area (Å²) in [5, 5.41) is 11.4. The smallest absolute Gasteiger partial charge is 0.191 e. The van der Waals surface area contributed by atoms with Crippen LogP contribution in [0.4, 0.5) is 0 Å². The van der Waals surface area contributed by atoms with Crippen molar-refractivity contribution in [1.82, 2.24) is 19.7 Å². The number of rotatable bonds is 5. The molecule has 0 fully saturated rings. The van der Waals surface area contributed by atoms with Crippen molar-refractivity contribution in [2.45, 2.75) is 43.6 Å². The first-order valence-corrected chi connectivity index (χ1v) is 11.7. The molecule has 0 radical (unpaired) electrons. The lowest BCUT2D eigenvalue weighted by atomic mass is 10.0. The second-order valence-corrected chi connectivity index (χ2v) is 9.11. The number of fused-ring (bicyclic) bond motifs is 2. The van der Waals surface area contributed by atoms with E-state index in [1.165, 1.54) is 27.8 Å². The Morgan fingerprint density at radius 1 is 1.07 bits per heavy atom. The molecule has 0 saturated carbocycles. The van der Waals surface area contributed by atoms with Gasteiger partial charge in [-0.25, -0.2) is 0 Å². The molecule has 6 heteroatoms. The van der Waals surface area contributed by atoms with Gasteiger partial charge in [-0.15, -0.1) is 10.2 Å². The Kier molecular flexibility index (Phi) is 5.14. The number of hydrogen-bond donors (Lipinski definition) is 0. The maximum atomic E-state index is 4.92. The lowest BCUT2D eigenvalue weighted by Gasteiger charge is -2.13. The number of nitrogens with zero attached hydrogens (tertiary/aromatic N) is 4. The summed E-state index contributed by atoms with van der Waals surface area (Å²) in [6.45, 7) is 3.01. The maximum Gasteiger partial charge on any atom is 0.191 e. The fourth-order valence-electron chi connectivity index (χ4n) is 4.11. The Labute approximate surface area is 182 Å². The van der Waals surface area contributed by atoms with E-state index in [2.05, 4.69) is 86.1 Å². The Morgan fingerprint density at radius 3 is 2.83 bits per heavy atom. The van der Waals surface area contributed by atoms with Crippen LogP contribution in [0.25, 0.3) is 22.3 Å². The zero-order chi connectivity index (χ0) is 19.8. The maximum absolute atomic E-state index is 4.92. The van der Waals surface area contributed by atoms with E-state index in [1.807, 2.05) is 0 Å². The van der Waals surface area contributed by atoms with E-state index in [-0.39, 0.29) is 0 Å². The molecule has 0 spiro atoms. The van der Waals surface area contributed by atoms with E-state index in [0.717, 1.165) is 52.5 Å². The standard InChI is InChI=1S/C23H21BrN4S/c1-2-28-22(26-27-23(28)29-14-15-7-5-8-16(24)13-15)21-17-9-3-4-11-19(17)25-20-12-6-10-18(20)21/h3-5,7-9,11,13H,2,6,10,12,14H2,1H3. The van der Waals surface area contributed by atoms with Gasteiger partial charge in [0.15, 0.2) is 11.0 Å². The topological polar surface area (TPSA) is 43.6 Å². The zero-order valence-corrected chi connectivity index (χ0v) is 18.6. The summed E-state index contributed by atoms with van der Waals surface area (Å²) in [6.07, 6.45) is 3.29. The molecular formula is C23H21BrN4S. The van der Waals surface area contributed by atoms with Gasteiger partial charge >= 0.3 is 0 Å². The number of benzene rings is 2. The van der Waals surface area contributed by atoms with Crippen molar-refractivity contribution < 1.29 is 0 Å². The minimum Gasteiger partial charge on any atom is -0.302 e. The van der Waals surface area contributed by atoms with Gasteiger partial charge in [0.2, 0.25) is 0 Å².